The van der Waals surface area contributed by atoms with Crippen molar-refractivity contribution in [3.63, 3.8) is 0 Å². The van der Waals surface area contributed by atoms with Crippen LogP contribution in [0, 0.1) is 5.92 Å². The molecule has 2 aromatic rings. The van der Waals surface area contributed by atoms with Crippen LogP contribution in [0.3, 0.4) is 0 Å². The Kier molecular flexibility index (Phi) is 6.59. The third-order valence-electron chi connectivity index (χ3n) is 6.34. The average Bonchev–Trinajstić information content (AvgIpc) is 3.22. The van der Waals surface area contributed by atoms with E-state index in [1.165, 1.54) is 75.7 Å². The molecule has 2 heterocycles. The van der Waals surface area contributed by atoms with Gasteiger partial charge in [0.05, 0.1) is 6.54 Å². The van der Waals surface area contributed by atoms with Gasteiger partial charge in [-0.3, -0.25) is 4.68 Å². The molecular weight excluding hydrogens is 332 g/mol. The highest BCUT2D eigenvalue weighted by Crippen LogP contribution is 2.25. The maximum absolute atomic E-state index is 4.36. The predicted molar refractivity (Wildman–Crippen MR) is 111 cm³/mol. The summed E-state index contributed by atoms with van der Waals surface area (Å²) < 4.78 is 2.01. The first-order chi connectivity index (χ1) is 13.4. The zero-order valence-electron chi connectivity index (χ0n) is 16.5. The van der Waals surface area contributed by atoms with E-state index in [0.29, 0.717) is 6.04 Å². The van der Waals surface area contributed by atoms with Gasteiger partial charge in [0.2, 0.25) is 0 Å². The quantitative estimate of drug-likeness (QED) is 0.802. The maximum Gasteiger partial charge on any atom is 0.0662 e. The fourth-order valence-corrected chi connectivity index (χ4v) is 4.83. The number of likely N-dealkylation sites (tertiary alicyclic amines) is 1. The summed E-state index contributed by atoms with van der Waals surface area (Å²) in [6, 6.07) is 11.4. The molecule has 4 heteroatoms. The second-order valence-electron chi connectivity index (χ2n) is 8.46. The Morgan fingerprint density at radius 3 is 2.63 bits per heavy atom. The molecule has 1 unspecified atom stereocenters. The van der Waals surface area contributed by atoms with Gasteiger partial charge in [0.15, 0.2) is 0 Å². The van der Waals surface area contributed by atoms with Gasteiger partial charge in [-0.15, -0.1) is 0 Å². The van der Waals surface area contributed by atoms with Crippen molar-refractivity contribution in [3.05, 3.63) is 53.9 Å². The van der Waals surface area contributed by atoms with Crippen LogP contribution in [-0.4, -0.2) is 40.4 Å². The first-order valence-electron chi connectivity index (χ1n) is 10.9. The van der Waals surface area contributed by atoms with Gasteiger partial charge in [-0.1, -0.05) is 43.5 Å². The van der Waals surface area contributed by atoms with E-state index in [2.05, 4.69) is 39.6 Å². The van der Waals surface area contributed by atoms with Crippen molar-refractivity contribution in [2.24, 2.45) is 5.92 Å². The lowest BCUT2D eigenvalue weighted by Crippen LogP contribution is -2.47. The Hall–Kier alpha value is -1.65. The third kappa shape index (κ3) is 5.43. The molecule has 146 valence electrons. The maximum atomic E-state index is 4.36. The normalized spacial score (nSPS) is 22.1. The van der Waals surface area contributed by atoms with Gasteiger partial charge in [-0.2, -0.15) is 5.10 Å². The SMILES string of the molecule is c1ccc(Cn2cccn2)c(CNC2CCCN(CC3CCCCC3)C2)c1. The van der Waals surface area contributed by atoms with Gasteiger partial charge in [0.1, 0.15) is 0 Å². The van der Waals surface area contributed by atoms with Crippen LogP contribution in [0.2, 0.25) is 0 Å². The first-order valence-corrected chi connectivity index (χ1v) is 10.9. The zero-order valence-corrected chi connectivity index (χ0v) is 16.5. The Morgan fingerprint density at radius 2 is 1.81 bits per heavy atom. The molecule has 1 aliphatic heterocycles. The summed E-state index contributed by atoms with van der Waals surface area (Å²) >= 11 is 0. The van der Waals surface area contributed by atoms with Crippen LogP contribution in [-0.2, 0) is 13.1 Å². The van der Waals surface area contributed by atoms with E-state index in [-0.39, 0.29) is 0 Å². The number of benzene rings is 1. The molecular formula is C23H34N4. The van der Waals surface area contributed by atoms with Crippen LogP contribution in [0.15, 0.2) is 42.7 Å². The van der Waals surface area contributed by atoms with Crippen molar-refractivity contribution in [2.75, 3.05) is 19.6 Å². The number of piperidine rings is 1. The molecule has 4 nitrogen and oxygen atoms in total. The fraction of sp³-hybridized carbons (Fsp3) is 0.609. The fourth-order valence-electron chi connectivity index (χ4n) is 4.83. The lowest BCUT2D eigenvalue weighted by molar-refractivity contribution is 0.149. The van der Waals surface area contributed by atoms with Crippen molar-refractivity contribution in [1.29, 1.82) is 0 Å². The van der Waals surface area contributed by atoms with Gasteiger partial charge in [0, 0.05) is 38.1 Å². The van der Waals surface area contributed by atoms with Gasteiger partial charge in [0.25, 0.3) is 0 Å². The monoisotopic (exact) mass is 366 g/mol. The molecule has 0 spiro atoms. The molecule has 1 aromatic carbocycles. The van der Waals surface area contributed by atoms with Crippen molar-refractivity contribution in [2.45, 2.75) is 64.1 Å². The molecule has 0 amide bonds. The number of hydrogen-bond donors (Lipinski definition) is 1. The molecule has 1 aliphatic carbocycles. The van der Waals surface area contributed by atoms with Crippen molar-refractivity contribution in [3.8, 4) is 0 Å². The van der Waals surface area contributed by atoms with E-state index in [0.717, 1.165) is 19.0 Å². The minimum absolute atomic E-state index is 0.625. The largest absolute Gasteiger partial charge is 0.309 e. The second kappa shape index (κ2) is 9.52. The van der Waals surface area contributed by atoms with E-state index in [1.54, 1.807) is 0 Å². The van der Waals surface area contributed by atoms with Crippen LogP contribution in [0.5, 0.6) is 0 Å². The Balaban J connectivity index is 1.29. The molecule has 0 radical (unpaired) electrons. The number of hydrogen-bond acceptors (Lipinski definition) is 3. The summed E-state index contributed by atoms with van der Waals surface area (Å²) in [6.07, 6.45) is 13.8. The standard InChI is InChI=1S/C23H34N4/c1-2-8-20(9-3-1)17-26-14-6-12-23(19-26)24-16-21-10-4-5-11-22(21)18-27-15-7-13-25-27/h4-5,7,10-11,13,15,20,23-24H,1-3,6,8-9,12,14,16-19H2. The number of rotatable bonds is 7. The highest BCUT2D eigenvalue weighted by Gasteiger charge is 2.23. The third-order valence-corrected chi connectivity index (χ3v) is 6.34. The van der Waals surface area contributed by atoms with E-state index in [9.17, 15) is 0 Å². The van der Waals surface area contributed by atoms with E-state index in [4.69, 9.17) is 0 Å². The number of nitrogens with zero attached hydrogens (tertiary/aromatic N) is 3. The molecule has 1 N–H and O–H groups in total. The van der Waals surface area contributed by atoms with E-state index in [1.807, 2.05) is 23.1 Å². The molecule has 0 bridgehead atoms. The van der Waals surface area contributed by atoms with Crippen LogP contribution in [0.25, 0.3) is 0 Å². The average molecular weight is 367 g/mol. The van der Waals surface area contributed by atoms with Crippen LogP contribution < -0.4 is 5.32 Å². The number of nitrogens with one attached hydrogen (secondary N) is 1. The molecule has 1 saturated carbocycles. The highest BCUT2D eigenvalue weighted by atomic mass is 15.3. The summed E-state index contributed by atoms with van der Waals surface area (Å²) in [4.78, 5) is 2.73. The molecule has 1 saturated heterocycles. The predicted octanol–water partition coefficient (Wildman–Crippen LogP) is 4.07. The first kappa shape index (κ1) is 18.7. The summed E-state index contributed by atoms with van der Waals surface area (Å²) in [5, 5.41) is 8.21. The van der Waals surface area contributed by atoms with E-state index >= 15 is 0 Å². The van der Waals surface area contributed by atoms with Gasteiger partial charge < -0.3 is 10.2 Å². The molecule has 27 heavy (non-hydrogen) atoms. The van der Waals surface area contributed by atoms with E-state index < -0.39 is 0 Å². The molecule has 1 aromatic heterocycles. The summed E-state index contributed by atoms with van der Waals surface area (Å²) in [6.45, 7) is 5.65. The molecule has 1 atom stereocenters. The van der Waals surface area contributed by atoms with Crippen LogP contribution in [0.1, 0.15) is 56.1 Å². The Morgan fingerprint density at radius 1 is 0.963 bits per heavy atom. The Bertz CT molecular complexity index is 675. The summed E-state index contributed by atoms with van der Waals surface area (Å²) in [5.41, 5.74) is 2.76. The van der Waals surface area contributed by atoms with Crippen molar-refractivity contribution < 1.29 is 0 Å². The van der Waals surface area contributed by atoms with Gasteiger partial charge >= 0.3 is 0 Å². The topological polar surface area (TPSA) is 33.1 Å². The molecule has 4 rings (SSSR count). The van der Waals surface area contributed by atoms with Gasteiger partial charge in [-0.25, -0.2) is 0 Å². The van der Waals surface area contributed by atoms with Crippen molar-refractivity contribution in [1.82, 2.24) is 20.0 Å². The van der Waals surface area contributed by atoms with Crippen LogP contribution in [0.4, 0.5) is 0 Å². The van der Waals surface area contributed by atoms with Crippen molar-refractivity contribution >= 4 is 0 Å². The lowest BCUT2D eigenvalue weighted by Gasteiger charge is -2.36. The number of aromatic nitrogens is 2. The van der Waals surface area contributed by atoms with Gasteiger partial charge in [-0.05, 0) is 55.3 Å². The highest BCUT2D eigenvalue weighted by molar-refractivity contribution is 5.27. The molecule has 2 fully saturated rings. The summed E-state index contributed by atoms with van der Waals surface area (Å²) in [5.74, 6) is 0.951. The van der Waals surface area contributed by atoms with Crippen LogP contribution >= 0.6 is 0 Å². The molecule has 2 aliphatic rings. The zero-order chi connectivity index (χ0) is 18.3. The Labute approximate surface area is 164 Å². The summed E-state index contributed by atoms with van der Waals surface area (Å²) in [7, 11) is 0. The minimum atomic E-state index is 0.625. The lowest BCUT2D eigenvalue weighted by atomic mass is 9.88. The second-order valence-corrected chi connectivity index (χ2v) is 8.46. The minimum Gasteiger partial charge on any atom is -0.309 e. The smallest absolute Gasteiger partial charge is 0.0662 e.